The Morgan fingerprint density at radius 1 is 0.851 bits per heavy atom. The van der Waals surface area contributed by atoms with Crippen molar-refractivity contribution in [3.05, 3.63) is 119 Å². The number of fused-ring (bicyclic) bond motifs is 4. The first-order valence-corrected chi connectivity index (χ1v) is 15.8. The van der Waals surface area contributed by atoms with E-state index in [1.165, 1.54) is 4.90 Å². The summed E-state index contributed by atoms with van der Waals surface area (Å²) >= 11 is 0. The molecule has 1 N–H and O–H groups in total. The maximum Gasteiger partial charge on any atom is 0.262 e. The zero-order chi connectivity index (χ0) is 32.1. The summed E-state index contributed by atoms with van der Waals surface area (Å²) in [6.45, 7) is 1.78. The number of nitrogens with zero attached hydrogens (tertiary/aromatic N) is 6. The Labute approximate surface area is 269 Å². The van der Waals surface area contributed by atoms with Crippen LogP contribution in [0.15, 0.2) is 91.1 Å². The number of pyridine rings is 1. The molecule has 9 nitrogen and oxygen atoms in total. The van der Waals surface area contributed by atoms with Crippen molar-refractivity contribution in [2.45, 2.75) is 43.7 Å². The van der Waals surface area contributed by atoms with Gasteiger partial charge in [0.25, 0.3) is 11.8 Å². The predicted molar refractivity (Wildman–Crippen MR) is 174 cm³/mol. The number of rotatable bonds is 5. The van der Waals surface area contributed by atoms with E-state index in [-0.39, 0.29) is 17.7 Å². The average molecular weight is 617 g/mol. The molecule has 3 aliphatic rings. The second kappa shape index (κ2) is 9.64. The van der Waals surface area contributed by atoms with E-state index in [1.807, 2.05) is 60.7 Å². The third kappa shape index (κ3) is 3.88. The number of hydrogen-bond acceptors (Lipinski definition) is 7. The highest BCUT2D eigenvalue weighted by molar-refractivity contribution is 6.22. The molecule has 9 heteroatoms. The molecule has 2 fully saturated rings. The summed E-state index contributed by atoms with van der Waals surface area (Å²) in [5.74, 6) is -0.447. The van der Waals surface area contributed by atoms with Gasteiger partial charge in [-0.2, -0.15) is 14.9 Å². The van der Waals surface area contributed by atoms with Crippen LogP contribution in [0.1, 0.15) is 63.2 Å². The molecule has 2 saturated carbocycles. The van der Waals surface area contributed by atoms with Gasteiger partial charge < -0.3 is 5.11 Å². The van der Waals surface area contributed by atoms with E-state index in [0.29, 0.717) is 52.2 Å². The molecule has 9 rings (SSSR count). The lowest BCUT2D eigenvalue weighted by molar-refractivity contribution is -0.143. The van der Waals surface area contributed by atoms with Gasteiger partial charge in [0.05, 0.1) is 33.7 Å². The van der Waals surface area contributed by atoms with Gasteiger partial charge >= 0.3 is 0 Å². The van der Waals surface area contributed by atoms with Crippen molar-refractivity contribution >= 4 is 28.5 Å². The molecule has 0 unspecified atom stereocenters. The summed E-state index contributed by atoms with van der Waals surface area (Å²) in [5, 5.41) is 26.6. The summed E-state index contributed by atoms with van der Waals surface area (Å²) in [5.41, 5.74) is 5.19. The minimum absolute atomic E-state index is 0.194. The first-order chi connectivity index (χ1) is 22.8. The van der Waals surface area contributed by atoms with Crippen LogP contribution < -0.4 is 0 Å². The second-order valence-corrected chi connectivity index (χ2v) is 13.1. The van der Waals surface area contributed by atoms with Crippen molar-refractivity contribution in [1.82, 2.24) is 24.5 Å². The fraction of sp³-hybridized carbons (Fsp3) is 0.211. The normalized spacial score (nSPS) is 22.0. The van der Waals surface area contributed by atoms with Gasteiger partial charge in [-0.15, -0.1) is 0 Å². The van der Waals surface area contributed by atoms with Crippen LogP contribution in [0.2, 0.25) is 0 Å². The number of aliphatic hydroxyl groups is 1. The minimum Gasteiger partial charge on any atom is -0.389 e. The van der Waals surface area contributed by atoms with Crippen molar-refractivity contribution in [2.24, 2.45) is 5.92 Å². The van der Waals surface area contributed by atoms with Crippen molar-refractivity contribution < 1.29 is 14.7 Å². The molecule has 6 aromatic rings. The molecule has 4 heterocycles. The van der Waals surface area contributed by atoms with Crippen molar-refractivity contribution in [3.8, 4) is 28.5 Å². The Morgan fingerprint density at radius 2 is 1.51 bits per heavy atom. The highest BCUT2D eigenvalue weighted by Crippen LogP contribution is 2.61. The zero-order valence-corrected chi connectivity index (χ0v) is 25.5. The Kier molecular flexibility index (Phi) is 5.66. The quantitative estimate of drug-likeness (QED) is 0.228. The van der Waals surface area contributed by atoms with Crippen LogP contribution in [0.5, 0.6) is 0 Å². The smallest absolute Gasteiger partial charge is 0.262 e. The molecule has 0 radical (unpaired) electrons. The molecule has 0 atom stereocenters. The van der Waals surface area contributed by atoms with Crippen LogP contribution in [0, 0.1) is 24.2 Å². The highest BCUT2D eigenvalue weighted by Gasteiger charge is 2.66. The molecule has 0 saturated heterocycles. The molecule has 47 heavy (non-hydrogen) atoms. The monoisotopic (exact) mass is 616 g/mol. The van der Waals surface area contributed by atoms with Gasteiger partial charge in [-0.05, 0) is 55.0 Å². The van der Waals surface area contributed by atoms with Gasteiger partial charge in [0.1, 0.15) is 11.6 Å². The summed E-state index contributed by atoms with van der Waals surface area (Å²) in [6, 6.07) is 29.0. The van der Waals surface area contributed by atoms with E-state index in [9.17, 15) is 20.0 Å². The van der Waals surface area contributed by atoms with Crippen LogP contribution in [-0.2, 0) is 5.54 Å². The third-order valence-corrected chi connectivity index (χ3v) is 10.2. The number of carbonyl (C=O) groups excluding carboxylic acids is 2. The topological polar surface area (TPSA) is 124 Å². The SMILES string of the molecule is Cc1nn2c(ncc3cc(-c4ccccc4)c(-c4ccc(C5(N6C(=O)c7ccccc7C6=O)CC(O)(C6CC6)C5)cc4)nc32)c1C#N. The summed E-state index contributed by atoms with van der Waals surface area (Å²) in [7, 11) is 0. The van der Waals surface area contributed by atoms with Crippen LogP contribution in [0.3, 0.4) is 0 Å². The maximum absolute atomic E-state index is 13.8. The number of benzene rings is 3. The Morgan fingerprint density at radius 3 is 2.15 bits per heavy atom. The first kappa shape index (κ1) is 27.6. The van der Waals surface area contributed by atoms with Gasteiger partial charge in [-0.3, -0.25) is 14.5 Å². The lowest BCUT2D eigenvalue weighted by Crippen LogP contribution is -2.65. The Bertz CT molecular complexity index is 2310. The molecular weight excluding hydrogens is 588 g/mol. The van der Waals surface area contributed by atoms with E-state index < -0.39 is 11.1 Å². The first-order valence-electron chi connectivity index (χ1n) is 15.8. The minimum atomic E-state index is -0.958. The van der Waals surface area contributed by atoms with Crippen LogP contribution in [0.4, 0.5) is 0 Å². The number of nitriles is 1. The second-order valence-electron chi connectivity index (χ2n) is 13.1. The van der Waals surface area contributed by atoms with E-state index >= 15 is 0 Å². The van der Waals surface area contributed by atoms with Crippen LogP contribution in [-0.4, -0.2) is 47.0 Å². The molecule has 3 aromatic heterocycles. The number of hydrogen-bond donors (Lipinski definition) is 1. The molecular formula is C38H28N6O3. The fourth-order valence-electron chi connectivity index (χ4n) is 7.76. The number of carbonyl (C=O) groups is 2. The number of aromatic nitrogens is 4. The summed E-state index contributed by atoms with van der Waals surface area (Å²) in [4.78, 5) is 38.6. The molecule has 2 amide bonds. The molecule has 1 aliphatic heterocycles. The highest BCUT2D eigenvalue weighted by atomic mass is 16.3. The van der Waals surface area contributed by atoms with E-state index in [1.54, 1.807) is 41.9 Å². The molecule has 3 aromatic carbocycles. The van der Waals surface area contributed by atoms with Crippen molar-refractivity contribution in [1.29, 1.82) is 5.26 Å². The summed E-state index contributed by atoms with van der Waals surface area (Å²) < 4.78 is 1.63. The maximum atomic E-state index is 13.8. The number of imide groups is 1. The largest absolute Gasteiger partial charge is 0.389 e. The van der Waals surface area contributed by atoms with Gasteiger partial charge in [0.15, 0.2) is 11.3 Å². The lowest BCUT2D eigenvalue weighted by atomic mass is 9.58. The van der Waals surface area contributed by atoms with Gasteiger partial charge in [-0.1, -0.05) is 66.7 Å². The fourth-order valence-corrected chi connectivity index (χ4v) is 7.76. The van der Waals surface area contributed by atoms with Gasteiger partial charge in [0, 0.05) is 35.6 Å². The van der Waals surface area contributed by atoms with Crippen LogP contribution in [0.25, 0.3) is 39.1 Å². The Balaban J connectivity index is 1.19. The average Bonchev–Trinajstić information content (AvgIpc) is 3.85. The number of aryl methyl sites for hydroxylation is 1. The van der Waals surface area contributed by atoms with E-state index in [0.717, 1.165) is 40.5 Å². The molecule has 0 spiro atoms. The molecule has 0 bridgehead atoms. The predicted octanol–water partition coefficient (Wildman–Crippen LogP) is 6.22. The lowest BCUT2D eigenvalue weighted by Gasteiger charge is -2.57. The van der Waals surface area contributed by atoms with Crippen molar-refractivity contribution in [3.63, 3.8) is 0 Å². The zero-order valence-electron chi connectivity index (χ0n) is 25.5. The van der Waals surface area contributed by atoms with Gasteiger partial charge in [-0.25, -0.2) is 9.97 Å². The van der Waals surface area contributed by atoms with Crippen LogP contribution >= 0.6 is 0 Å². The molecule has 2 aliphatic carbocycles. The van der Waals surface area contributed by atoms with E-state index in [4.69, 9.17) is 4.98 Å². The van der Waals surface area contributed by atoms with E-state index in [2.05, 4.69) is 16.2 Å². The number of amides is 2. The van der Waals surface area contributed by atoms with Crippen molar-refractivity contribution in [2.75, 3.05) is 0 Å². The standard InChI is InChI=1S/C38H28N6O3/c1-22-31(18-39)34-40-19-25-17-30(23-7-3-2-4-8-23)32(41-33(25)44(34)42-22)24-11-13-26(14-12-24)37(20-38(47,21-37)27-15-16-27)43-35(45)28-9-5-6-10-29(28)36(43)46/h2-14,17,19,27,47H,15-16,20-21H2,1H3. The van der Waals surface area contributed by atoms with Gasteiger partial charge in [0.2, 0.25) is 0 Å². The summed E-state index contributed by atoms with van der Waals surface area (Å²) in [6.07, 6.45) is 4.26. The molecule has 228 valence electrons. The Hall–Kier alpha value is -5.72. The third-order valence-electron chi connectivity index (χ3n) is 10.2.